The second-order valence-electron chi connectivity index (χ2n) is 5.26. The molecule has 2 nitrogen and oxygen atoms in total. The van der Waals surface area contributed by atoms with Gasteiger partial charge < -0.3 is 5.32 Å². The first-order chi connectivity index (χ1) is 6.13. The largest absolute Gasteiger partial charge is 0.303 e. The molecule has 0 radical (unpaired) electrons. The Bertz CT molecular complexity index is 188. The Kier molecular flexibility index (Phi) is 5.16. The molecule has 0 spiro atoms. The van der Waals surface area contributed by atoms with Crippen molar-refractivity contribution >= 4 is 18.4 Å². The molecule has 14 heavy (non-hydrogen) atoms. The summed E-state index contributed by atoms with van der Waals surface area (Å²) >= 11 is 4.34. The Hall–Kier alpha value is -0.0200. The Morgan fingerprint density at radius 2 is 1.71 bits per heavy atom. The number of nitrogens with one attached hydrogen (secondary N) is 1. The molecule has 0 unspecified atom stereocenters. The van der Waals surface area contributed by atoms with Crippen LogP contribution in [0.2, 0.25) is 0 Å². The molecular weight excluding hydrogens is 194 g/mol. The average Bonchev–Trinajstić information content (AvgIpc) is 1.93. The molecule has 0 saturated heterocycles. The summed E-state index contributed by atoms with van der Waals surface area (Å²) in [6.07, 6.45) is 1.54. The highest BCUT2D eigenvalue weighted by molar-refractivity contribution is 7.81. The maximum Gasteiger partial charge on any atom is 0.138 e. The van der Waals surface area contributed by atoms with Crippen molar-refractivity contribution in [3.05, 3.63) is 0 Å². The predicted octanol–water partition coefficient (Wildman–Crippen LogP) is 2.64. The standard InChI is InChI=1S/C11H23NOS/c1-10(2,3)9(13)7-6-8-12-11(4,5)14/h12,14H,6-8H2,1-5H3. The number of carbonyl (C=O) groups is 1. The van der Waals surface area contributed by atoms with E-state index in [-0.39, 0.29) is 10.3 Å². The zero-order valence-electron chi connectivity index (χ0n) is 9.98. The highest BCUT2D eigenvalue weighted by Crippen LogP contribution is 2.17. The summed E-state index contributed by atoms with van der Waals surface area (Å²) in [7, 11) is 0. The van der Waals surface area contributed by atoms with E-state index in [1.165, 1.54) is 0 Å². The third-order valence-electron chi connectivity index (χ3n) is 1.97. The SMILES string of the molecule is CC(C)(S)NCCCC(=O)C(C)(C)C. The summed E-state index contributed by atoms with van der Waals surface area (Å²) in [6.45, 7) is 10.7. The molecule has 1 N–H and O–H groups in total. The number of rotatable bonds is 5. The third-order valence-corrected chi connectivity index (χ3v) is 2.13. The lowest BCUT2D eigenvalue weighted by molar-refractivity contribution is -0.126. The second kappa shape index (κ2) is 5.17. The van der Waals surface area contributed by atoms with Gasteiger partial charge in [0.25, 0.3) is 0 Å². The quantitative estimate of drug-likeness (QED) is 0.421. The summed E-state index contributed by atoms with van der Waals surface area (Å²) in [5.74, 6) is 0.330. The summed E-state index contributed by atoms with van der Waals surface area (Å²) < 4.78 is 0. The maximum absolute atomic E-state index is 11.5. The van der Waals surface area contributed by atoms with Crippen molar-refractivity contribution < 1.29 is 4.79 Å². The summed E-state index contributed by atoms with van der Waals surface area (Å²) in [4.78, 5) is 11.4. The van der Waals surface area contributed by atoms with Crippen LogP contribution in [0.3, 0.4) is 0 Å². The fourth-order valence-electron chi connectivity index (χ4n) is 1.02. The molecule has 0 amide bonds. The van der Waals surface area contributed by atoms with Crippen LogP contribution in [0, 0.1) is 5.41 Å². The number of ketones is 1. The van der Waals surface area contributed by atoms with E-state index in [4.69, 9.17) is 0 Å². The molecule has 0 aliphatic carbocycles. The summed E-state index contributed by atoms with van der Waals surface area (Å²) in [6, 6.07) is 0. The van der Waals surface area contributed by atoms with Gasteiger partial charge in [-0.1, -0.05) is 20.8 Å². The van der Waals surface area contributed by atoms with Crippen molar-refractivity contribution in [1.82, 2.24) is 5.32 Å². The molecule has 0 fully saturated rings. The van der Waals surface area contributed by atoms with E-state index in [0.29, 0.717) is 12.2 Å². The van der Waals surface area contributed by atoms with Crippen molar-refractivity contribution in [3.63, 3.8) is 0 Å². The molecule has 0 saturated carbocycles. The van der Waals surface area contributed by atoms with E-state index in [1.54, 1.807) is 0 Å². The smallest absolute Gasteiger partial charge is 0.138 e. The van der Waals surface area contributed by atoms with E-state index < -0.39 is 0 Å². The fourth-order valence-corrected chi connectivity index (χ4v) is 1.13. The average molecular weight is 217 g/mol. The van der Waals surface area contributed by atoms with Gasteiger partial charge >= 0.3 is 0 Å². The van der Waals surface area contributed by atoms with Gasteiger partial charge in [-0.2, -0.15) is 12.6 Å². The molecule has 0 heterocycles. The van der Waals surface area contributed by atoms with Gasteiger partial charge in [-0.3, -0.25) is 4.79 Å². The molecule has 3 heteroatoms. The van der Waals surface area contributed by atoms with Crippen molar-refractivity contribution in [2.75, 3.05) is 6.54 Å². The normalized spacial score (nSPS) is 13.0. The number of hydrogen-bond acceptors (Lipinski definition) is 3. The Morgan fingerprint density at radius 1 is 1.21 bits per heavy atom. The van der Waals surface area contributed by atoms with Crippen molar-refractivity contribution in [3.8, 4) is 0 Å². The van der Waals surface area contributed by atoms with Gasteiger partial charge in [0, 0.05) is 11.8 Å². The van der Waals surface area contributed by atoms with Crippen LogP contribution in [0.15, 0.2) is 0 Å². The van der Waals surface area contributed by atoms with Gasteiger partial charge in [-0.25, -0.2) is 0 Å². The zero-order chi connectivity index (χ0) is 11.4. The summed E-state index contributed by atoms with van der Waals surface area (Å²) in [5.41, 5.74) is -0.198. The van der Waals surface area contributed by atoms with E-state index >= 15 is 0 Å². The van der Waals surface area contributed by atoms with Crippen LogP contribution in [0.25, 0.3) is 0 Å². The monoisotopic (exact) mass is 217 g/mol. The number of carbonyl (C=O) groups excluding carboxylic acids is 1. The molecule has 0 aliphatic heterocycles. The minimum absolute atomic E-state index is 0.148. The topological polar surface area (TPSA) is 29.1 Å². The molecule has 0 bridgehead atoms. The lowest BCUT2D eigenvalue weighted by atomic mass is 9.88. The van der Waals surface area contributed by atoms with Crippen LogP contribution in [0.1, 0.15) is 47.5 Å². The molecule has 0 aromatic heterocycles. The second-order valence-corrected chi connectivity index (χ2v) is 6.38. The third kappa shape index (κ3) is 7.39. The van der Waals surface area contributed by atoms with E-state index in [1.807, 2.05) is 34.6 Å². The Labute approximate surface area is 93.3 Å². The molecule has 0 rings (SSSR count). The fraction of sp³-hybridized carbons (Fsp3) is 0.909. The number of hydrogen-bond donors (Lipinski definition) is 2. The van der Waals surface area contributed by atoms with Gasteiger partial charge in [0.15, 0.2) is 0 Å². The van der Waals surface area contributed by atoms with Crippen molar-refractivity contribution in [1.29, 1.82) is 0 Å². The van der Waals surface area contributed by atoms with Crippen LogP contribution in [-0.4, -0.2) is 17.2 Å². The highest BCUT2D eigenvalue weighted by Gasteiger charge is 2.20. The predicted molar refractivity (Wildman–Crippen MR) is 64.8 cm³/mol. The first kappa shape index (κ1) is 14.0. The van der Waals surface area contributed by atoms with E-state index in [0.717, 1.165) is 13.0 Å². The van der Waals surface area contributed by atoms with Crippen molar-refractivity contribution in [2.45, 2.75) is 52.3 Å². The Balaban J connectivity index is 3.62. The highest BCUT2D eigenvalue weighted by atomic mass is 32.1. The molecule has 84 valence electrons. The van der Waals surface area contributed by atoms with Crippen molar-refractivity contribution in [2.24, 2.45) is 5.41 Å². The number of Topliss-reactive ketones (excluding diaryl/α,β-unsaturated/α-hetero) is 1. The van der Waals surface area contributed by atoms with Crippen LogP contribution >= 0.6 is 12.6 Å². The van der Waals surface area contributed by atoms with Gasteiger partial charge in [0.05, 0.1) is 4.87 Å². The first-order valence-electron chi connectivity index (χ1n) is 5.13. The minimum atomic E-state index is -0.198. The number of thiol groups is 1. The van der Waals surface area contributed by atoms with Gasteiger partial charge in [-0.05, 0) is 26.8 Å². The van der Waals surface area contributed by atoms with Gasteiger partial charge in [0.2, 0.25) is 0 Å². The molecule has 0 atom stereocenters. The van der Waals surface area contributed by atoms with Gasteiger partial charge in [-0.15, -0.1) is 0 Å². The van der Waals surface area contributed by atoms with Gasteiger partial charge in [0.1, 0.15) is 5.78 Å². The van der Waals surface area contributed by atoms with E-state index in [9.17, 15) is 4.79 Å². The van der Waals surface area contributed by atoms with E-state index in [2.05, 4.69) is 17.9 Å². The lowest BCUT2D eigenvalue weighted by Crippen LogP contribution is -2.34. The maximum atomic E-state index is 11.5. The van der Waals surface area contributed by atoms with Crippen LogP contribution in [0.5, 0.6) is 0 Å². The van der Waals surface area contributed by atoms with Crippen LogP contribution in [-0.2, 0) is 4.79 Å². The first-order valence-corrected chi connectivity index (χ1v) is 5.58. The molecular formula is C11H23NOS. The molecule has 0 aromatic rings. The summed E-state index contributed by atoms with van der Waals surface area (Å²) in [5, 5.41) is 3.24. The lowest BCUT2D eigenvalue weighted by Gasteiger charge is -2.20. The zero-order valence-corrected chi connectivity index (χ0v) is 10.9. The molecule has 0 aromatic carbocycles. The van der Waals surface area contributed by atoms with Crippen LogP contribution < -0.4 is 5.32 Å². The Morgan fingerprint density at radius 3 is 2.07 bits per heavy atom. The minimum Gasteiger partial charge on any atom is -0.303 e. The van der Waals surface area contributed by atoms with Crippen LogP contribution in [0.4, 0.5) is 0 Å². The molecule has 0 aliphatic rings.